The maximum absolute atomic E-state index is 12.7. The van der Waals surface area contributed by atoms with Crippen LogP contribution in [0.3, 0.4) is 0 Å². The average Bonchev–Trinajstić information content (AvgIpc) is 3.21. The molecule has 14 nitrogen and oxygen atoms in total. The Morgan fingerprint density at radius 3 is 2.44 bits per heavy atom. The maximum Gasteiger partial charge on any atom is 0.229 e. The third-order valence-electron chi connectivity index (χ3n) is 7.31. The monoisotopic (exact) mass is 578 g/mol. The number of aromatic hydroxyl groups is 1. The summed E-state index contributed by atoms with van der Waals surface area (Å²) in [6.45, 7) is 1.13. The van der Waals surface area contributed by atoms with Crippen LogP contribution in [0.1, 0.15) is 23.0 Å². The quantitative estimate of drug-likeness (QED) is 0.129. The van der Waals surface area contributed by atoms with Gasteiger partial charge in [-0.1, -0.05) is 0 Å². The van der Waals surface area contributed by atoms with Gasteiger partial charge in [0.05, 0.1) is 25.2 Å². The zero-order valence-electron chi connectivity index (χ0n) is 22.0. The van der Waals surface area contributed by atoms with Crippen LogP contribution in [0, 0.1) is 6.92 Å². The van der Waals surface area contributed by atoms with Crippen molar-refractivity contribution in [1.82, 2.24) is 0 Å². The molecule has 14 heteroatoms. The summed E-state index contributed by atoms with van der Waals surface area (Å²) in [6.07, 6.45) is -11.4. The molecule has 2 aliphatic heterocycles. The van der Waals surface area contributed by atoms with E-state index in [9.17, 15) is 45.3 Å². The topological polar surface area (TPSA) is 226 Å². The fraction of sp³-hybridized carbons (Fsp3) is 0.481. The second-order valence-corrected chi connectivity index (χ2v) is 10.3. The number of ether oxygens (including phenoxy) is 4. The van der Waals surface area contributed by atoms with Crippen LogP contribution in [0.2, 0.25) is 0 Å². The van der Waals surface area contributed by atoms with Crippen molar-refractivity contribution in [2.75, 3.05) is 19.8 Å². The van der Waals surface area contributed by atoms with E-state index < -0.39 is 79.7 Å². The van der Waals surface area contributed by atoms with E-state index in [0.29, 0.717) is 5.76 Å². The molecule has 2 fully saturated rings. The van der Waals surface area contributed by atoms with E-state index in [1.165, 1.54) is 31.2 Å². The molecule has 3 aromatic rings. The lowest BCUT2D eigenvalue weighted by molar-refractivity contribution is -0.289. The highest BCUT2D eigenvalue weighted by Gasteiger charge is 2.50. The molecule has 2 aromatic carbocycles. The third kappa shape index (κ3) is 5.18. The smallest absolute Gasteiger partial charge is 0.229 e. The fourth-order valence-corrected chi connectivity index (χ4v) is 4.93. The molecule has 2 saturated heterocycles. The Morgan fingerprint density at radius 2 is 1.78 bits per heavy atom. The van der Waals surface area contributed by atoms with Crippen LogP contribution in [0.4, 0.5) is 0 Å². The van der Waals surface area contributed by atoms with E-state index in [4.69, 9.17) is 23.4 Å². The Labute approximate surface area is 231 Å². The van der Waals surface area contributed by atoms with Crippen molar-refractivity contribution in [2.24, 2.45) is 0 Å². The number of hydrogen-bond donors (Lipinski definition) is 7. The number of ketones is 1. The van der Waals surface area contributed by atoms with Gasteiger partial charge in [0, 0.05) is 11.6 Å². The van der Waals surface area contributed by atoms with E-state index in [-0.39, 0.29) is 38.8 Å². The van der Waals surface area contributed by atoms with E-state index >= 15 is 0 Å². The van der Waals surface area contributed by atoms with Crippen LogP contribution >= 0.6 is 0 Å². The summed E-state index contributed by atoms with van der Waals surface area (Å²) in [5, 5.41) is 72.5. The molecule has 0 amide bonds. The van der Waals surface area contributed by atoms with Crippen LogP contribution in [-0.2, 0) is 14.2 Å². The van der Waals surface area contributed by atoms with Crippen LogP contribution < -0.4 is 10.2 Å². The first-order valence-electron chi connectivity index (χ1n) is 12.7. The Balaban J connectivity index is 1.48. The molecule has 0 saturated carbocycles. The fourth-order valence-electron chi connectivity index (χ4n) is 4.93. The minimum Gasteiger partial charge on any atom is -0.506 e. The number of phenols is 1. The number of phenolic OH excluding ortho intramolecular Hbond substituents is 1. The highest BCUT2D eigenvalue weighted by atomic mass is 16.7. The molecule has 0 unspecified atom stereocenters. The molecule has 0 aliphatic carbocycles. The van der Waals surface area contributed by atoms with Gasteiger partial charge >= 0.3 is 0 Å². The van der Waals surface area contributed by atoms with Crippen molar-refractivity contribution in [1.29, 1.82) is 0 Å². The summed E-state index contributed by atoms with van der Waals surface area (Å²) in [7, 11) is 0. The molecule has 3 heterocycles. The Kier molecular flexibility index (Phi) is 7.80. The van der Waals surface area contributed by atoms with Gasteiger partial charge in [-0.3, -0.25) is 9.59 Å². The predicted molar refractivity (Wildman–Crippen MR) is 137 cm³/mol. The number of carbonyl (C=O) groups is 1. The van der Waals surface area contributed by atoms with Crippen LogP contribution in [-0.4, -0.2) is 110 Å². The highest BCUT2D eigenvalue weighted by Crippen LogP contribution is 2.41. The number of benzene rings is 2. The van der Waals surface area contributed by atoms with E-state index in [1.54, 1.807) is 6.92 Å². The van der Waals surface area contributed by atoms with Gasteiger partial charge in [-0.2, -0.15) is 0 Å². The van der Waals surface area contributed by atoms with Gasteiger partial charge in [0.15, 0.2) is 17.5 Å². The minimum absolute atomic E-state index is 0.00590. The SMILES string of the molecule is CC(=O)c1cc(O[C@@H]2O[C@H](CO[C@H]3OC[C@](O)(CO)[C@H]3O)[C@@H](O)[C@H](O)[C@H]2O)c2c(O)c3c(=O)cc(C)oc3cc2c1. The average molecular weight is 579 g/mol. The molecule has 2 aliphatic rings. The summed E-state index contributed by atoms with van der Waals surface area (Å²) in [5.74, 6) is -0.754. The predicted octanol–water partition coefficient (Wildman–Crippen LogP) is -1.19. The summed E-state index contributed by atoms with van der Waals surface area (Å²) in [6, 6.07) is 5.37. The summed E-state index contributed by atoms with van der Waals surface area (Å²) in [4.78, 5) is 24.9. The van der Waals surface area contributed by atoms with Crippen molar-refractivity contribution in [2.45, 2.75) is 62.5 Å². The molecule has 0 spiro atoms. The molecule has 0 bridgehead atoms. The molecule has 1 aromatic heterocycles. The van der Waals surface area contributed by atoms with Gasteiger partial charge in [-0.15, -0.1) is 0 Å². The summed E-state index contributed by atoms with van der Waals surface area (Å²) < 4.78 is 27.7. The first-order valence-corrected chi connectivity index (χ1v) is 12.7. The second kappa shape index (κ2) is 10.9. The van der Waals surface area contributed by atoms with Crippen LogP contribution in [0.25, 0.3) is 21.7 Å². The molecular formula is C27H30O14. The van der Waals surface area contributed by atoms with Gasteiger partial charge in [0.1, 0.15) is 64.3 Å². The number of aryl methyl sites for hydroxylation is 1. The molecule has 222 valence electrons. The van der Waals surface area contributed by atoms with Gasteiger partial charge in [0.25, 0.3) is 0 Å². The zero-order valence-corrected chi connectivity index (χ0v) is 22.0. The van der Waals surface area contributed by atoms with Crippen molar-refractivity contribution >= 4 is 27.5 Å². The second-order valence-electron chi connectivity index (χ2n) is 10.3. The third-order valence-corrected chi connectivity index (χ3v) is 7.31. The van der Waals surface area contributed by atoms with Gasteiger partial charge in [-0.25, -0.2) is 0 Å². The number of carbonyl (C=O) groups excluding carboxylic acids is 1. The highest BCUT2D eigenvalue weighted by molar-refractivity contribution is 6.09. The molecule has 41 heavy (non-hydrogen) atoms. The largest absolute Gasteiger partial charge is 0.506 e. The lowest BCUT2D eigenvalue weighted by Crippen LogP contribution is -2.60. The lowest BCUT2D eigenvalue weighted by atomic mass is 9.98. The van der Waals surface area contributed by atoms with Crippen molar-refractivity contribution < 1.29 is 63.9 Å². The maximum atomic E-state index is 12.7. The summed E-state index contributed by atoms with van der Waals surface area (Å²) >= 11 is 0. The minimum atomic E-state index is -1.96. The van der Waals surface area contributed by atoms with Crippen molar-refractivity contribution in [3.8, 4) is 11.5 Å². The van der Waals surface area contributed by atoms with Crippen LogP contribution in [0.5, 0.6) is 11.5 Å². The number of hydrogen-bond acceptors (Lipinski definition) is 14. The number of aliphatic hydroxyl groups excluding tert-OH is 5. The summed E-state index contributed by atoms with van der Waals surface area (Å²) in [5.41, 5.74) is -2.27. The zero-order chi connectivity index (χ0) is 29.8. The first kappa shape index (κ1) is 29.3. The van der Waals surface area contributed by atoms with Crippen LogP contribution in [0.15, 0.2) is 33.5 Å². The van der Waals surface area contributed by atoms with E-state index in [2.05, 4.69) is 0 Å². The molecule has 7 N–H and O–H groups in total. The Morgan fingerprint density at radius 1 is 1.05 bits per heavy atom. The van der Waals surface area contributed by atoms with E-state index in [1.807, 2.05) is 0 Å². The molecule has 0 radical (unpaired) electrons. The standard InChI is InChI=1S/C27H30O14/c1-10-3-14(30)19-16(39-10)6-13-4-12(11(2)29)5-15(18(13)21(19)32)40-25-23(34)22(33)20(31)17(41-25)7-37-26-24(35)27(36,8-28)9-38-26/h3-6,17,20,22-26,28,31-36H,7-9H2,1-2H3/t17-,20-,22+,23-,24+,25-,26+,27-/m1/s1. The van der Waals surface area contributed by atoms with Gasteiger partial charge < -0.3 is 59.1 Å². The van der Waals surface area contributed by atoms with Gasteiger partial charge in [-0.05, 0) is 37.4 Å². The Bertz CT molecular complexity index is 1530. The molecule has 5 rings (SSSR count). The first-order chi connectivity index (χ1) is 19.3. The molecular weight excluding hydrogens is 548 g/mol. The van der Waals surface area contributed by atoms with Crippen molar-refractivity contribution in [3.63, 3.8) is 0 Å². The number of rotatable bonds is 7. The number of fused-ring (bicyclic) bond motifs is 2. The van der Waals surface area contributed by atoms with Crippen molar-refractivity contribution in [3.05, 3.63) is 45.8 Å². The lowest BCUT2D eigenvalue weighted by Gasteiger charge is -2.40. The number of aliphatic hydroxyl groups is 6. The molecule has 8 atom stereocenters. The normalized spacial score (nSPS) is 32.0. The van der Waals surface area contributed by atoms with Gasteiger partial charge in [0.2, 0.25) is 6.29 Å². The number of Topliss-reactive ketones (excluding diaryl/α,β-unsaturated/α-hetero) is 1. The van der Waals surface area contributed by atoms with E-state index in [0.717, 1.165) is 0 Å². The Hall–Kier alpha value is -3.18.